The van der Waals surface area contributed by atoms with Crippen LogP contribution in [-0.4, -0.2) is 25.3 Å². The average molecular weight is 212 g/mol. The first-order valence-electron chi connectivity index (χ1n) is 4.07. The van der Waals surface area contributed by atoms with Crippen LogP contribution in [0.4, 0.5) is 15.8 Å². The van der Waals surface area contributed by atoms with Gasteiger partial charge in [0.15, 0.2) is 6.29 Å². The van der Waals surface area contributed by atoms with Gasteiger partial charge in [-0.3, -0.25) is 14.9 Å². The number of carbonyl (C=O) groups is 1. The number of hydrogen-bond acceptors (Lipinski definition) is 4. The molecular weight excluding hydrogens is 203 g/mol. The Kier molecular flexibility index (Phi) is 2.99. The third-order valence-electron chi connectivity index (χ3n) is 1.90. The molecule has 0 spiro atoms. The van der Waals surface area contributed by atoms with Gasteiger partial charge in [-0.1, -0.05) is 0 Å². The predicted molar refractivity (Wildman–Crippen MR) is 52.8 cm³/mol. The molecule has 0 aliphatic rings. The second-order valence-corrected chi connectivity index (χ2v) is 3.13. The molecule has 0 saturated heterocycles. The van der Waals surface area contributed by atoms with Crippen molar-refractivity contribution in [2.75, 3.05) is 19.0 Å². The van der Waals surface area contributed by atoms with Crippen LogP contribution in [0.3, 0.4) is 0 Å². The van der Waals surface area contributed by atoms with Gasteiger partial charge in [-0.15, -0.1) is 0 Å². The monoisotopic (exact) mass is 212 g/mol. The number of rotatable bonds is 3. The molecule has 0 bridgehead atoms. The van der Waals surface area contributed by atoms with Crippen molar-refractivity contribution in [2.45, 2.75) is 0 Å². The molecule has 0 aliphatic heterocycles. The SMILES string of the molecule is CN(C)c1cc(F)c(C=O)cc1[N+](=O)[O-]. The Labute approximate surface area is 85.3 Å². The number of nitro benzene ring substituents is 1. The minimum atomic E-state index is -0.765. The van der Waals surface area contributed by atoms with Crippen LogP contribution in [0.25, 0.3) is 0 Å². The molecule has 0 amide bonds. The summed E-state index contributed by atoms with van der Waals surface area (Å²) in [5, 5.41) is 10.6. The van der Waals surface area contributed by atoms with Crippen molar-refractivity contribution >= 4 is 17.7 Å². The first kappa shape index (κ1) is 11.1. The molecule has 1 aromatic carbocycles. The topological polar surface area (TPSA) is 63.5 Å². The Morgan fingerprint density at radius 2 is 2.07 bits per heavy atom. The zero-order valence-corrected chi connectivity index (χ0v) is 8.23. The summed E-state index contributed by atoms with van der Waals surface area (Å²) in [6.07, 6.45) is 0.252. The zero-order valence-electron chi connectivity index (χ0n) is 8.23. The lowest BCUT2D eigenvalue weighted by molar-refractivity contribution is -0.384. The van der Waals surface area contributed by atoms with Gasteiger partial charge in [0, 0.05) is 26.2 Å². The molecule has 80 valence electrons. The Bertz CT molecular complexity index is 418. The van der Waals surface area contributed by atoms with E-state index in [1.165, 1.54) is 4.90 Å². The molecular formula is C9H9FN2O3. The highest BCUT2D eigenvalue weighted by atomic mass is 19.1. The second-order valence-electron chi connectivity index (χ2n) is 3.13. The highest BCUT2D eigenvalue weighted by molar-refractivity contribution is 5.80. The molecule has 1 aromatic rings. The molecule has 0 radical (unpaired) electrons. The molecule has 1 rings (SSSR count). The summed E-state index contributed by atoms with van der Waals surface area (Å²) in [6.45, 7) is 0. The third kappa shape index (κ3) is 2.09. The van der Waals surface area contributed by atoms with Crippen LogP contribution in [-0.2, 0) is 0 Å². The van der Waals surface area contributed by atoms with Gasteiger partial charge in [0.1, 0.15) is 11.5 Å². The summed E-state index contributed by atoms with van der Waals surface area (Å²) in [4.78, 5) is 21.8. The molecule has 15 heavy (non-hydrogen) atoms. The Morgan fingerprint density at radius 3 is 2.47 bits per heavy atom. The first-order chi connectivity index (χ1) is 6.97. The van der Waals surface area contributed by atoms with E-state index in [1.807, 2.05) is 0 Å². The zero-order chi connectivity index (χ0) is 11.6. The number of anilines is 1. The molecule has 0 fully saturated rings. The highest BCUT2D eigenvalue weighted by Gasteiger charge is 2.19. The molecule has 0 saturated carbocycles. The van der Waals surface area contributed by atoms with Crippen LogP contribution in [0, 0.1) is 15.9 Å². The standard InChI is InChI=1S/C9H9FN2O3/c1-11(2)8-4-7(10)6(5-13)3-9(8)12(14)15/h3-5H,1-2H3. The first-order valence-corrected chi connectivity index (χ1v) is 4.07. The Hall–Kier alpha value is -1.98. The number of hydrogen-bond donors (Lipinski definition) is 0. The lowest BCUT2D eigenvalue weighted by Gasteiger charge is -2.12. The number of carbonyl (C=O) groups excluding carboxylic acids is 1. The summed E-state index contributed by atoms with van der Waals surface area (Å²) in [7, 11) is 3.12. The lowest BCUT2D eigenvalue weighted by Crippen LogP contribution is -2.12. The van der Waals surface area contributed by atoms with E-state index < -0.39 is 10.7 Å². The minimum absolute atomic E-state index is 0.128. The number of aldehydes is 1. The van der Waals surface area contributed by atoms with Crippen LogP contribution in [0.15, 0.2) is 12.1 Å². The lowest BCUT2D eigenvalue weighted by atomic mass is 10.1. The van der Waals surface area contributed by atoms with E-state index in [0.717, 1.165) is 12.1 Å². The van der Waals surface area contributed by atoms with E-state index in [2.05, 4.69) is 0 Å². The van der Waals surface area contributed by atoms with E-state index in [-0.39, 0.29) is 23.2 Å². The van der Waals surface area contributed by atoms with Crippen LogP contribution in [0.5, 0.6) is 0 Å². The van der Waals surface area contributed by atoms with Gasteiger partial charge in [0.2, 0.25) is 0 Å². The van der Waals surface area contributed by atoms with Crippen molar-refractivity contribution in [1.82, 2.24) is 0 Å². The molecule has 6 heteroatoms. The van der Waals surface area contributed by atoms with Crippen LogP contribution >= 0.6 is 0 Å². The fourth-order valence-corrected chi connectivity index (χ4v) is 1.16. The number of halogens is 1. The molecule has 5 nitrogen and oxygen atoms in total. The van der Waals surface area contributed by atoms with Gasteiger partial charge < -0.3 is 4.90 Å². The second kappa shape index (κ2) is 4.04. The van der Waals surface area contributed by atoms with E-state index in [9.17, 15) is 19.3 Å². The minimum Gasteiger partial charge on any atom is -0.372 e. The van der Waals surface area contributed by atoms with E-state index in [1.54, 1.807) is 14.1 Å². The summed E-state index contributed by atoms with van der Waals surface area (Å²) >= 11 is 0. The van der Waals surface area contributed by atoms with Crippen molar-refractivity contribution in [2.24, 2.45) is 0 Å². The Balaban J connectivity index is 3.45. The van der Waals surface area contributed by atoms with Gasteiger partial charge in [-0.25, -0.2) is 4.39 Å². The summed E-state index contributed by atoms with van der Waals surface area (Å²) in [5.74, 6) is -0.765. The van der Waals surface area contributed by atoms with Crippen LogP contribution in [0.2, 0.25) is 0 Å². The van der Waals surface area contributed by atoms with E-state index in [4.69, 9.17) is 0 Å². The maximum atomic E-state index is 13.2. The van der Waals surface area contributed by atoms with Crippen molar-refractivity contribution in [3.05, 3.63) is 33.6 Å². The summed E-state index contributed by atoms with van der Waals surface area (Å²) < 4.78 is 13.2. The van der Waals surface area contributed by atoms with Crippen LogP contribution in [0.1, 0.15) is 10.4 Å². The van der Waals surface area contributed by atoms with Crippen LogP contribution < -0.4 is 4.90 Å². The third-order valence-corrected chi connectivity index (χ3v) is 1.90. The van der Waals surface area contributed by atoms with Gasteiger partial charge in [-0.05, 0) is 0 Å². The smallest absolute Gasteiger partial charge is 0.293 e. The molecule has 0 unspecified atom stereocenters. The summed E-state index contributed by atoms with van der Waals surface area (Å²) in [5.41, 5.74) is -0.473. The van der Waals surface area contributed by atoms with Gasteiger partial charge in [-0.2, -0.15) is 0 Å². The van der Waals surface area contributed by atoms with E-state index in [0.29, 0.717) is 0 Å². The molecule has 0 aromatic heterocycles. The maximum Gasteiger partial charge on any atom is 0.293 e. The van der Waals surface area contributed by atoms with Crippen molar-refractivity contribution < 1.29 is 14.1 Å². The largest absolute Gasteiger partial charge is 0.372 e. The molecule has 0 atom stereocenters. The van der Waals surface area contributed by atoms with E-state index >= 15 is 0 Å². The quantitative estimate of drug-likeness (QED) is 0.433. The van der Waals surface area contributed by atoms with Crippen molar-refractivity contribution in [3.8, 4) is 0 Å². The van der Waals surface area contributed by atoms with Crippen molar-refractivity contribution in [1.29, 1.82) is 0 Å². The Morgan fingerprint density at radius 1 is 1.47 bits per heavy atom. The number of nitro groups is 1. The molecule has 0 aliphatic carbocycles. The molecule has 0 N–H and O–H groups in total. The number of benzene rings is 1. The predicted octanol–water partition coefficient (Wildman–Crippen LogP) is 1.61. The normalized spacial score (nSPS) is 9.80. The van der Waals surface area contributed by atoms with Gasteiger partial charge >= 0.3 is 0 Å². The number of nitrogens with zero attached hydrogens (tertiary/aromatic N) is 2. The van der Waals surface area contributed by atoms with Crippen molar-refractivity contribution in [3.63, 3.8) is 0 Å². The molecule has 0 heterocycles. The fraction of sp³-hybridized carbons (Fsp3) is 0.222. The average Bonchev–Trinajstić information content (AvgIpc) is 2.16. The van der Waals surface area contributed by atoms with Gasteiger partial charge in [0.25, 0.3) is 5.69 Å². The maximum absolute atomic E-state index is 13.2. The van der Waals surface area contributed by atoms with Gasteiger partial charge in [0.05, 0.1) is 10.5 Å². The fourth-order valence-electron chi connectivity index (χ4n) is 1.16. The summed E-state index contributed by atoms with van der Waals surface area (Å²) in [6, 6.07) is 1.90. The highest BCUT2D eigenvalue weighted by Crippen LogP contribution is 2.28.